The van der Waals surface area contributed by atoms with E-state index < -0.39 is 10.0 Å². The molecule has 2 aromatic rings. The summed E-state index contributed by atoms with van der Waals surface area (Å²) >= 11 is 0. The third-order valence-electron chi connectivity index (χ3n) is 5.21. The third-order valence-corrected chi connectivity index (χ3v) is 6.65. The zero-order valence-electron chi connectivity index (χ0n) is 16.1. The number of rotatable bonds is 7. The zero-order valence-corrected chi connectivity index (χ0v) is 17.0. The molecule has 0 saturated carbocycles. The molecular formula is C20H28N2O4S. The number of likely N-dealkylation sites (tertiary alicyclic amines) is 1. The molecule has 1 saturated heterocycles. The van der Waals surface area contributed by atoms with Crippen molar-refractivity contribution in [1.29, 1.82) is 0 Å². The van der Waals surface area contributed by atoms with Crippen LogP contribution in [0.4, 0.5) is 0 Å². The fourth-order valence-electron chi connectivity index (χ4n) is 3.49. The zero-order chi connectivity index (χ0) is 19.4. The molecule has 0 aliphatic carbocycles. The minimum absolute atomic E-state index is 0.127. The van der Waals surface area contributed by atoms with Gasteiger partial charge in [-0.1, -0.05) is 13.0 Å². The summed E-state index contributed by atoms with van der Waals surface area (Å²) in [5.74, 6) is 1.82. The standard InChI is InChI=1S/C20H28N2O4S/c1-15-8-10-22(11-9-15)17(18-5-4-12-26-18)14-21-27(23,24)20-13-16(2)6-7-19(20)25-3/h4-7,12-13,15,17,21H,8-11,14H2,1-3H3. The summed E-state index contributed by atoms with van der Waals surface area (Å²) in [5.41, 5.74) is 0.865. The van der Waals surface area contributed by atoms with Gasteiger partial charge < -0.3 is 9.15 Å². The quantitative estimate of drug-likeness (QED) is 0.782. The van der Waals surface area contributed by atoms with Crippen molar-refractivity contribution in [3.8, 4) is 5.75 Å². The Balaban J connectivity index is 1.80. The molecule has 3 rings (SSSR count). The maximum atomic E-state index is 12.9. The van der Waals surface area contributed by atoms with Crippen LogP contribution in [-0.4, -0.2) is 40.1 Å². The lowest BCUT2D eigenvalue weighted by Crippen LogP contribution is -2.41. The second-order valence-corrected chi connectivity index (χ2v) is 8.99. The number of hydrogen-bond acceptors (Lipinski definition) is 5. The molecule has 1 fully saturated rings. The first kappa shape index (κ1) is 19.9. The van der Waals surface area contributed by atoms with Gasteiger partial charge in [0.05, 0.1) is 19.4 Å². The number of nitrogens with zero attached hydrogens (tertiary/aromatic N) is 1. The van der Waals surface area contributed by atoms with Crippen LogP contribution in [-0.2, 0) is 10.0 Å². The molecule has 1 aromatic heterocycles. The van der Waals surface area contributed by atoms with Crippen LogP contribution in [0.25, 0.3) is 0 Å². The van der Waals surface area contributed by atoms with Crippen molar-refractivity contribution in [2.45, 2.75) is 37.6 Å². The number of hydrogen-bond donors (Lipinski definition) is 1. The molecule has 1 aromatic carbocycles. The number of nitrogens with one attached hydrogen (secondary N) is 1. The number of sulfonamides is 1. The molecule has 1 aliphatic heterocycles. The molecule has 1 aliphatic rings. The number of furan rings is 1. The van der Waals surface area contributed by atoms with Crippen LogP contribution in [0.1, 0.15) is 37.1 Å². The van der Waals surface area contributed by atoms with E-state index in [4.69, 9.17) is 9.15 Å². The lowest BCUT2D eigenvalue weighted by molar-refractivity contribution is 0.125. The van der Waals surface area contributed by atoms with Crippen molar-refractivity contribution in [2.24, 2.45) is 5.92 Å². The summed E-state index contributed by atoms with van der Waals surface area (Å²) in [6.07, 6.45) is 3.85. The topological polar surface area (TPSA) is 71.8 Å². The smallest absolute Gasteiger partial charge is 0.244 e. The Labute approximate surface area is 161 Å². The highest BCUT2D eigenvalue weighted by molar-refractivity contribution is 7.89. The van der Waals surface area contributed by atoms with E-state index in [0.29, 0.717) is 11.7 Å². The van der Waals surface area contributed by atoms with Crippen LogP contribution >= 0.6 is 0 Å². The molecular weight excluding hydrogens is 364 g/mol. The highest BCUT2D eigenvalue weighted by Gasteiger charge is 2.29. The van der Waals surface area contributed by atoms with Crippen molar-refractivity contribution < 1.29 is 17.6 Å². The van der Waals surface area contributed by atoms with Crippen LogP contribution in [0.2, 0.25) is 0 Å². The minimum atomic E-state index is -3.70. The first-order valence-corrected chi connectivity index (χ1v) is 10.8. The van der Waals surface area contributed by atoms with Crippen molar-refractivity contribution >= 4 is 10.0 Å². The van der Waals surface area contributed by atoms with Gasteiger partial charge in [0, 0.05) is 6.54 Å². The van der Waals surface area contributed by atoms with Gasteiger partial charge in [0.2, 0.25) is 10.0 Å². The van der Waals surface area contributed by atoms with Crippen molar-refractivity contribution in [1.82, 2.24) is 9.62 Å². The first-order valence-electron chi connectivity index (χ1n) is 9.32. The van der Waals surface area contributed by atoms with E-state index in [2.05, 4.69) is 16.5 Å². The Bertz CT molecular complexity index is 841. The average molecular weight is 393 g/mol. The first-order chi connectivity index (χ1) is 12.9. The van der Waals surface area contributed by atoms with Gasteiger partial charge in [0.1, 0.15) is 16.4 Å². The molecule has 148 valence electrons. The summed E-state index contributed by atoms with van der Waals surface area (Å²) < 4.78 is 39.5. The molecule has 1 atom stereocenters. The van der Waals surface area contributed by atoms with Crippen LogP contribution < -0.4 is 9.46 Å². The highest BCUT2D eigenvalue weighted by atomic mass is 32.2. The molecule has 0 spiro atoms. The minimum Gasteiger partial charge on any atom is -0.495 e. The largest absolute Gasteiger partial charge is 0.495 e. The average Bonchev–Trinajstić information content (AvgIpc) is 3.17. The van der Waals surface area contributed by atoms with Gasteiger partial charge in [-0.3, -0.25) is 4.90 Å². The highest BCUT2D eigenvalue weighted by Crippen LogP contribution is 2.28. The van der Waals surface area contributed by atoms with Crippen LogP contribution in [0.3, 0.4) is 0 Å². The number of methoxy groups -OCH3 is 1. The Hall–Kier alpha value is -1.83. The lowest BCUT2D eigenvalue weighted by atomic mass is 9.97. The predicted octanol–water partition coefficient (Wildman–Crippen LogP) is 3.35. The number of piperidine rings is 1. The number of ether oxygens (including phenoxy) is 1. The van der Waals surface area contributed by atoms with Gasteiger partial charge in [-0.05, 0) is 68.6 Å². The summed E-state index contributed by atoms with van der Waals surface area (Å²) in [5, 5.41) is 0. The van der Waals surface area contributed by atoms with Gasteiger partial charge in [0.15, 0.2) is 0 Å². The molecule has 0 amide bonds. The van der Waals surface area contributed by atoms with Gasteiger partial charge in [0.25, 0.3) is 0 Å². The maximum Gasteiger partial charge on any atom is 0.244 e. The molecule has 7 heteroatoms. The Kier molecular flexibility index (Phi) is 6.24. The maximum absolute atomic E-state index is 12.9. The van der Waals surface area contributed by atoms with Crippen LogP contribution in [0.15, 0.2) is 45.9 Å². The van der Waals surface area contributed by atoms with E-state index in [-0.39, 0.29) is 17.5 Å². The monoisotopic (exact) mass is 392 g/mol. The molecule has 27 heavy (non-hydrogen) atoms. The summed E-state index contributed by atoms with van der Waals surface area (Å²) in [6, 6.07) is 8.76. The van der Waals surface area contributed by atoms with Crippen LogP contribution in [0.5, 0.6) is 5.75 Å². The molecule has 0 bridgehead atoms. The third kappa shape index (κ3) is 4.72. The molecule has 1 unspecified atom stereocenters. The molecule has 1 N–H and O–H groups in total. The molecule has 0 radical (unpaired) electrons. The van der Waals surface area contributed by atoms with E-state index in [1.54, 1.807) is 18.4 Å². The van der Waals surface area contributed by atoms with Crippen molar-refractivity contribution in [3.05, 3.63) is 47.9 Å². The Morgan fingerprint density at radius 1 is 1.30 bits per heavy atom. The van der Waals surface area contributed by atoms with Gasteiger partial charge in [-0.25, -0.2) is 13.1 Å². The van der Waals surface area contributed by atoms with Crippen LogP contribution in [0, 0.1) is 12.8 Å². The molecule has 2 heterocycles. The SMILES string of the molecule is COc1ccc(C)cc1S(=O)(=O)NCC(c1ccco1)N1CCC(C)CC1. The van der Waals surface area contributed by atoms with Gasteiger partial charge in [-0.15, -0.1) is 0 Å². The molecule has 6 nitrogen and oxygen atoms in total. The number of aryl methyl sites for hydroxylation is 1. The summed E-state index contributed by atoms with van der Waals surface area (Å²) in [6.45, 7) is 6.23. The Morgan fingerprint density at radius 3 is 2.67 bits per heavy atom. The second kappa shape index (κ2) is 8.46. The van der Waals surface area contributed by atoms with Gasteiger partial charge >= 0.3 is 0 Å². The lowest BCUT2D eigenvalue weighted by Gasteiger charge is -2.35. The fourth-order valence-corrected chi connectivity index (χ4v) is 4.78. The Morgan fingerprint density at radius 2 is 2.04 bits per heavy atom. The van der Waals surface area contributed by atoms with Crippen molar-refractivity contribution in [2.75, 3.05) is 26.7 Å². The predicted molar refractivity (Wildman–Crippen MR) is 104 cm³/mol. The van der Waals surface area contributed by atoms with Crippen molar-refractivity contribution in [3.63, 3.8) is 0 Å². The number of benzene rings is 1. The summed E-state index contributed by atoms with van der Waals surface area (Å²) in [7, 11) is -2.23. The van der Waals surface area contributed by atoms with E-state index in [1.165, 1.54) is 7.11 Å². The van der Waals surface area contributed by atoms with E-state index in [0.717, 1.165) is 37.3 Å². The van der Waals surface area contributed by atoms with E-state index in [9.17, 15) is 8.42 Å². The normalized spacial score (nSPS) is 17.7. The van der Waals surface area contributed by atoms with E-state index in [1.807, 2.05) is 25.1 Å². The van der Waals surface area contributed by atoms with E-state index >= 15 is 0 Å². The fraction of sp³-hybridized carbons (Fsp3) is 0.500. The summed E-state index contributed by atoms with van der Waals surface area (Å²) in [4.78, 5) is 2.46. The van der Waals surface area contributed by atoms with Gasteiger partial charge in [-0.2, -0.15) is 0 Å². The second-order valence-electron chi connectivity index (χ2n) is 7.26.